The molecule has 0 unspecified atom stereocenters. The van der Waals surface area contributed by atoms with E-state index < -0.39 is 18.0 Å². The van der Waals surface area contributed by atoms with Gasteiger partial charge in [0.1, 0.15) is 12.1 Å². The molecule has 0 saturated carbocycles. The summed E-state index contributed by atoms with van der Waals surface area (Å²) in [6.07, 6.45) is 1.34. The van der Waals surface area contributed by atoms with Crippen LogP contribution in [-0.4, -0.2) is 78.2 Å². The van der Waals surface area contributed by atoms with Crippen molar-refractivity contribution in [3.63, 3.8) is 0 Å². The number of nitrogens with one attached hydrogen (secondary N) is 2. The molecule has 9 nitrogen and oxygen atoms in total. The molecule has 2 saturated heterocycles. The van der Waals surface area contributed by atoms with E-state index in [0.29, 0.717) is 25.1 Å². The third-order valence-electron chi connectivity index (χ3n) is 5.13. The largest absolute Gasteiger partial charge is 0.354 e. The Labute approximate surface area is 163 Å². The number of hydrogen-bond acceptors (Lipinski definition) is 4. The summed E-state index contributed by atoms with van der Waals surface area (Å²) < 4.78 is 0. The maximum Gasteiger partial charge on any atom is 0.278 e. The average molecular weight is 388 g/mol. The predicted molar refractivity (Wildman–Crippen MR) is 99.8 cm³/mol. The van der Waals surface area contributed by atoms with Gasteiger partial charge in [0.25, 0.3) is 11.8 Å². The van der Waals surface area contributed by atoms with Gasteiger partial charge in [-0.25, -0.2) is 0 Å². The van der Waals surface area contributed by atoms with Crippen LogP contribution in [-0.2, 0) is 14.4 Å². The molecule has 2 fully saturated rings. The second-order valence-electron chi connectivity index (χ2n) is 6.96. The quantitative estimate of drug-likeness (QED) is 0.550. The lowest BCUT2D eigenvalue weighted by Crippen LogP contribution is -2.67. The Morgan fingerprint density at radius 2 is 1.93 bits per heavy atom. The summed E-state index contributed by atoms with van der Waals surface area (Å²) in [4.78, 5) is 53.0. The maximum atomic E-state index is 12.9. The summed E-state index contributed by atoms with van der Waals surface area (Å²) >= 11 is 0. The Hall–Kier alpha value is -2.94. The first-order chi connectivity index (χ1) is 13.5. The lowest BCUT2D eigenvalue weighted by atomic mass is 10.0. The lowest BCUT2D eigenvalue weighted by Gasteiger charge is -2.40. The summed E-state index contributed by atoms with van der Waals surface area (Å²) in [5, 5.41) is 5.47. The number of carbonyl (C=O) groups excluding carboxylic acids is 4. The molecule has 150 valence electrons. The zero-order valence-corrected chi connectivity index (χ0v) is 15.7. The molecule has 3 rings (SSSR count). The van der Waals surface area contributed by atoms with E-state index in [0.717, 1.165) is 6.42 Å². The molecule has 0 spiro atoms. The molecule has 1 aromatic rings. The molecule has 4 amide bonds. The topological polar surface area (TPSA) is 126 Å². The number of hydrogen-bond donors (Lipinski definition) is 3. The zero-order chi connectivity index (χ0) is 20.1. The van der Waals surface area contributed by atoms with Gasteiger partial charge in [-0.2, -0.15) is 0 Å². The van der Waals surface area contributed by atoms with Crippen LogP contribution in [0.5, 0.6) is 0 Å². The van der Waals surface area contributed by atoms with E-state index in [1.165, 1.54) is 4.90 Å². The molecule has 2 heterocycles. The number of amides is 4. The summed E-state index contributed by atoms with van der Waals surface area (Å²) in [7, 11) is 0. The van der Waals surface area contributed by atoms with E-state index in [-0.39, 0.29) is 37.4 Å². The standard InChI is InChI=1S/C19H25N5O4/c20-11-16(25)24-10-9-23(19(28)13-5-2-1-3-6-13)12-15(24)18(27)22-14-7-4-8-21-17(14)26/h1-3,5-6,14-15H,4,7-12,20H2,(H,21,26)(H,22,27)/p+1/t14-,15-/m0/s1. The minimum atomic E-state index is -0.842. The number of piperidine rings is 1. The van der Waals surface area contributed by atoms with Crippen molar-refractivity contribution < 1.29 is 24.9 Å². The molecule has 5 N–H and O–H groups in total. The first-order valence-electron chi connectivity index (χ1n) is 9.52. The zero-order valence-electron chi connectivity index (χ0n) is 15.7. The summed E-state index contributed by atoms with van der Waals surface area (Å²) in [5.41, 5.74) is 4.15. The monoisotopic (exact) mass is 388 g/mol. The minimum Gasteiger partial charge on any atom is -0.354 e. The second kappa shape index (κ2) is 8.83. The normalized spacial score (nSPS) is 22.4. The van der Waals surface area contributed by atoms with E-state index >= 15 is 0 Å². The molecule has 0 aromatic heterocycles. The van der Waals surface area contributed by atoms with Crippen molar-refractivity contribution >= 4 is 23.6 Å². The molecule has 2 aliphatic heterocycles. The van der Waals surface area contributed by atoms with Gasteiger partial charge < -0.3 is 26.2 Å². The molecule has 0 bridgehead atoms. The maximum absolute atomic E-state index is 12.9. The van der Waals surface area contributed by atoms with E-state index in [2.05, 4.69) is 16.4 Å². The van der Waals surface area contributed by atoms with Gasteiger partial charge >= 0.3 is 0 Å². The first kappa shape index (κ1) is 19.8. The molecule has 28 heavy (non-hydrogen) atoms. The first-order valence-corrected chi connectivity index (χ1v) is 9.52. The van der Waals surface area contributed by atoms with Crippen molar-refractivity contribution in [3.05, 3.63) is 35.9 Å². The molecule has 2 atom stereocenters. The van der Waals surface area contributed by atoms with Crippen LogP contribution in [0.1, 0.15) is 23.2 Å². The molecular weight excluding hydrogens is 362 g/mol. The number of piperazine rings is 1. The van der Waals surface area contributed by atoms with Crippen molar-refractivity contribution in [2.45, 2.75) is 24.9 Å². The summed E-state index contributed by atoms with van der Waals surface area (Å²) in [6.45, 7) is 1.30. The Balaban J connectivity index is 1.74. The number of carbonyl (C=O) groups is 4. The van der Waals surface area contributed by atoms with Gasteiger partial charge in [0, 0.05) is 25.2 Å². The van der Waals surface area contributed by atoms with Gasteiger partial charge in [0.05, 0.1) is 6.54 Å². The summed E-state index contributed by atoms with van der Waals surface area (Å²) in [5.74, 6) is -1.08. The van der Waals surface area contributed by atoms with Crippen molar-refractivity contribution in [1.29, 1.82) is 0 Å². The van der Waals surface area contributed by atoms with Gasteiger partial charge in [-0.05, 0) is 25.0 Å². The smallest absolute Gasteiger partial charge is 0.278 e. The lowest BCUT2D eigenvalue weighted by molar-refractivity contribution is -0.357. The van der Waals surface area contributed by atoms with Crippen LogP contribution in [0.25, 0.3) is 0 Å². The van der Waals surface area contributed by atoms with E-state index in [4.69, 9.17) is 0 Å². The highest BCUT2D eigenvalue weighted by Crippen LogP contribution is 2.15. The Kier molecular flexibility index (Phi) is 6.25. The van der Waals surface area contributed by atoms with Gasteiger partial charge in [0.15, 0.2) is 6.54 Å². The minimum absolute atomic E-state index is 0.0281. The number of nitrogens with zero attached hydrogens (tertiary/aromatic N) is 2. The van der Waals surface area contributed by atoms with Crippen LogP contribution in [0, 0.1) is 0 Å². The van der Waals surface area contributed by atoms with E-state index in [9.17, 15) is 19.2 Å². The van der Waals surface area contributed by atoms with Crippen molar-refractivity contribution in [2.24, 2.45) is 0 Å². The van der Waals surface area contributed by atoms with Gasteiger partial charge in [-0.1, -0.05) is 18.2 Å². The Morgan fingerprint density at radius 3 is 2.61 bits per heavy atom. The van der Waals surface area contributed by atoms with Crippen LogP contribution in [0.3, 0.4) is 0 Å². The van der Waals surface area contributed by atoms with Gasteiger partial charge in [-0.3, -0.25) is 19.2 Å². The van der Waals surface area contributed by atoms with Crippen molar-refractivity contribution in [2.75, 3.05) is 32.7 Å². The summed E-state index contributed by atoms with van der Waals surface area (Å²) in [6, 6.07) is 7.37. The second-order valence-corrected chi connectivity index (χ2v) is 6.96. The van der Waals surface area contributed by atoms with Crippen molar-refractivity contribution in [1.82, 2.24) is 20.4 Å². The Morgan fingerprint density at radius 1 is 1.18 bits per heavy atom. The molecule has 0 aliphatic carbocycles. The van der Waals surface area contributed by atoms with Crippen LogP contribution >= 0.6 is 0 Å². The van der Waals surface area contributed by atoms with Gasteiger partial charge in [-0.15, -0.1) is 0 Å². The third-order valence-corrected chi connectivity index (χ3v) is 5.13. The third kappa shape index (κ3) is 4.30. The fourth-order valence-corrected chi connectivity index (χ4v) is 3.57. The highest BCUT2D eigenvalue weighted by atomic mass is 16.2. The van der Waals surface area contributed by atoms with E-state index in [1.807, 2.05) is 6.07 Å². The van der Waals surface area contributed by atoms with Crippen LogP contribution in [0.15, 0.2) is 30.3 Å². The number of rotatable bonds is 4. The van der Waals surface area contributed by atoms with Crippen LogP contribution in [0.2, 0.25) is 0 Å². The fourth-order valence-electron chi connectivity index (χ4n) is 3.57. The van der Waals surface area contributed by atoms with Crippen LogP contribution in [0.4, 0.5) is 0 Å². The molecule has 2 aliphatic rings. The van der Waals surface area contributed by atoms with Crippen molar-refractivity contribution in [3.8, 4) is 0 Å². The highest BCUT2D eigenvalue weighted by Gasteiger charge is 2.38. The highest BCUT2D eigenvalue weighted by molar-refractivity contribution is 5.96. The van der Waals surface area contributed by atoms with E-state index in [1.54, 1.807) is 29.2 Å². The fraction of sp³-hybridized carbons (Fsp3) is 0.474. The number of quaternary nitrogens is 1. The molecule has 9 heteroatoms. The predicted octanol–water partition coefficient (Wildman–Crippen LogP) is -2.02. The SMILES string of the molecule is [NH3+]CC(=O)N1CCN(C(=O)c2ccccc2)C[C@H]1C(=O)N[C@H]1CCCNC1=O. The molecular formula is C19H26N5O4+. The Bertz CT molecular complexity index is 754. The average Bonchev–Trinajstić information content (AvgIpc) is 2.74. The van der Waals surface area contributed by atoms with Crippen LogP contribution < -0.4 is 16.4 Å². The number of benzene rings is 1. The molecule has 1 aromatic carbocycles. The van der Waals surface area contributed by atoms with Gasteiger partial charge in [0.2, 0.25) is 11.8 Å². The molecule has 0 radical (unpaired) electrons.